The lowest BCUT2D eigenvalue weighted by Crippen LogP contribution is -2.71. The standard InChI is InChI=1S/C21H24O6/c1-9(2)19-14(26-19)15-21(27-15)17(3)5-4-10-11(7-23-16(10)22)12(17)6-13-20(21,25-13)18(19)8-24-18/h9,12-15H,4-8H2,1-3H3/t12-,13-,14-,15-,17-,18+,19-,20+,21+/m0/s1. The molecule has 0 aromatic carbocycles. The van der Waals surface area contributed by atoms with Gasteiger partial charge in [-0.2, -0.15) is 0 Å². The molecule has 6 fully saturated rings. The molecule has 0 amide bonds. The Morgan fingerprint density at radius 3 is 2.67 bits per heavy atom. The Bertz CT molecular complexity index is 889. The van der Waals surface area contributed by atoms with Gasteiger partial charge in [0.2, 0.25) is 0 Å². The summed E-state index contributed by atoms with van der Waals surface area (Å²) in [6.07, 6.45) is 3.00. The molecule has 6 nitrogen and oxygen atoms in total. The van der Waals surface area contributed by atoms with Gasteiger partial charge in [-0.1, -0.05) is 20.8 Å². The van der Waals surface area contributed by atoms with E-state index < -0.39 is 0 Å². The van der Waals surface area contributed by atoms with Gasteiger partial charge in [0, 0.05) is 11.0 Å². The van der Waals surface area contributed by atoms with Crippen molar-refractivity contribution in [3.8, 4) is 0 Å². The fraction of sp³-hybridized carbons (Fsp3) is 0.857. The lowest BCUT2D eigenvalue weighted by atomic mass is 9.45. The molecule has 27 heavy (non-hydrogen) atoms. The van der Waals surface area contributed by atoms with Crippen LogP contribution >= 0.6 is 0 Å². The van der Waals surface area contributed by atoms with Crippen molar-refractivity contribution in [1.29, 1.82) is 0 Å². The number of ether oxygens (including phenoxy) is 5. The lowest BCUT2D eigenvalue weighted by Gasteiger charge is -2.53. The summed E-state index contributed by atoms with van der Waals surface area (Å²) in [5.74, 6) is 0.555. The summed E-state index contributed by atoms with van der Waals surface area (Å²) in [6.45, 7) is 8.00. The van der Waals surface area contributed by atoms with Gasteiger partial charge in [0.15, 0.2) is 11.2 Å². The first-order valence-electron chi connectivity index (χ1n) is 10.5. The Hall–Kier alpha value is -0.950. The molecule has 8 rings (SSSR count). The molecule has 0 bridgehead atoms. The third-order valence-corrected chi connectivity index (χ3v) is 9.79. The molecule has 2 saturated carbocycles. The van der Waals surface area contributed by atoms with E-state index in [0.717, 1.165) is 24.8 Å². The molecule has 0 aromatic heterocycles. The largest absolute Gasteiger partial charge is 0.458 e. The lowest BCUT2D eigenvalue weighted by molar-refractivity contribution is -0.136. The van der Waals surface area contributed by atoms with E-state index in [1.165, 1.54) is 5.57 Å². The second-order valence-electron chi connectivity index (χ2n) is 10.5. The second-order valence-corrected chi connectivity index (χ2v) is 10.5. The smallest absolute Gasteiger partial charge is 0.334 e. The van der Waals surface area contributed by atoms with E-state index in [0.29, 0.717) is 25.0 Å². The van der Waals surface area contributed by atoms with Crippen LogP contribution in [0.2, 0.25) is 0 Å². The van der Waals surface area contributed by atoms with Gasteiger partial charge in [0.25, 0.3) is 0 Å². The van der Waals surface area contributed by atoms with Gasteiger partial charge in [-0.05, 0) is 36.7 Å². The maximum absolute atomic E-state index is 12.2. The minimum Gasteiger partial charge on any atom is -0.458 e. The first kappa shape index (κ1) is 15.0. The Kier molecular flexibility index (Phi) is 2.02. The van der Waals surface area contributed by atoms with E-state index in [-0.39, 0.29) is 52.1 Å². The molecular weight excluding hydrogens is 348 g/mol. The van der Waals surface area contributed by atoms with E-state index in [1.807, 2.05) is 0 Å². The number of hydrogen-bond acceptors (Lipinski definition) is 6. The highest BCUT2D eigenvalue weighted by molar-refractivity contribution is 5.92. The van der Waals surface area contributed by atoms with E-state index in [4.69, 9.17) is 23.7 Å². The van der Waals surface area contributed by atoms with Crippen molar-refractivity contribution in [3.63, 3.8) is 0 Å². The van der Waals surface area contributed by atoms with E-state index in [2.05, 4.69) is 20.8 Å². The minimum atomic E-state index is -0.366. The molecule has 0 unspecified atom stereocenters. The van der Waals surface area contributed by atoms with Crippen LogP contribution in [0.4, 0.5) is 0 Å². The number of esters is 1. The van der Waals surface area contributed by atoms with Crippen LogP contribution in [0.15, 0.2) is 11.1 Å². The van der Waals surface area contributed by atoms with Crippen molar-refractivity contribution in [3.05, 3.63) is 11.1 Å². The molecule has 6 heteroatoms. The van der Waals surface area contributed by atoms with Crippen LogP contribution in [0.25, 0.3) is 0 Å². The monoisotopic (exact) mass is 372 g/mol. The number of hydrogen-bond donors (Lipinski definition) is 0. The summed E-state index contributed by atoms with van der Waals surface area (Å²) in [6, 6.07) is 0. The third-order valence-electron chi connectivity index (χ3n) is 9.79. The van der Waals surface area contributed by atoms with Crippen LogP contribution in [-0.2, 0) is 28.5 Å². The summed E-state index contributed by atoms with van der Waals surface area (Å²) < 4.78 is 31.4. The molecule has 3 aliphatic carbocycles. The number of fused-ring (bicyclic) bond motifs is 5. The molecule has 9 atom stereocenters. The van der Waals surface area contributed by atoms with Crippen LogP contribution in [-0.4, -0.2) is 59.9 Å². The van der Waals surface area contributed by atoms with Gasteiger partial charge in [-0.25, -0.2) is 4.79 Å². The number of cyclic esters (lactones) is 1. The molecule has 0 aromatic rings. The molecule has 0 radical (unpaired) electrons. The first-order chi connectivity index (χ1) is 12.9. The Balaban J connectivity index is 1.33. The van der Waals surface area contributed by atoms with Crippen molar-refractivity contribution >= 4 is 5.97 Å². The van der Waals surface area contributed by atoms with Crippen molar-refractivity contribution < 1.29 is 28.5 Å². The zero-order chi connectivity index (χ0) is 18.2. The Morgan fingerprint density at radius 1 is 1.11 bits per heavy atom. The topological polar surface area (TPSA) is 76.4 Å². The van der Waals surface area contributed by atoms with Crippen LogP contribution in [0.1, 0.15) is 40.0 Å². The molecular formula is C21H24O6. The summed E-state index contributed by atoms with van der Waals surface area (Å²) in [5, 5.41) is 0. The zero-order valence-corrected chi connectivity index (χ0v) is 15.9. The van der Waals surface area contributed by atoms with Gasteiger partial charge in [0.1, 0.15) is 30.0 Å². The van der Waals surface area contributed by atoms with E-state index in [9.17, 15) is 4.79 Å². The quantitative estimate of drug-likeness (QED) is 0.513. The highest BCUT2D eigenvalue weighted by atomic mass is 16.8. The molecule has 144 valence electrons. The van der Waals surface area contributed by atoms with Gasteiger partial charge in [0.05, 0.1) is 12.7 Å². The number of rotatable bonds is 1. The fourth-order valence-electron chi connectivity index (χ4n) is 8.56. The minimum absolute atomic E-state index is 0.0640. The van der Waals surface area contributed by atoms with Gasteiger partial charge >= 0.3 is 5.97 Å². The maximum Gasteiger partial charge on any atom is 0.334 e. The van der Waals surface area contributed by atoms with Crippen LogP contribution in [0, 0.1) is 17.3 Å². The predicted molar refractivity (Wildman–Crippen MR) is 89.8 cm³/mol. The highest BCUT2D eigenvalue weighted by Gasteiger charge is 3.07. The number of carbonyl (C=O) groups is 1. The summed E-state index contributed by atoms with van der Waals surface area (Å²) >= 11 is 0. The van der Waals surface area contributed by atoms with Crippen molar-refractivity contribution in [2.75, 3.05) is 13.2 Å². The van der Waals surface area contributed by atoms with Gasteiger partial charge < -0.3 is 23.7 Å². The fourth-order valence-corrected chi connectivity index (χ4v) is 8.56. The Morgan fingerprint density at radius 2 is 1.93 bits per heavy atom. The van der Waals surface area contributed by atoms with Gasteiger partial charge in [-0.3, -0.25) is 0 Å². The van der Waals surface area contributed by atoms with Crippen molar-refractivity contribution in [1.82, 2.24) is 0 Å². The number of epoxide rings is 4. The van der Waals surface area contributed by atoms with Crippen LogP contribution in [0.3, 0.4) is 0 Å². The van der Waals surface area contributed by atoms with Crippen LogP contribution < -0.4 is 0 Å². The van der Waals surface area contributed by atoms with Crippen molar-refractivity contribution in [2.24, 2.45) is 17.3 Å². The normalized spacial score (nSPS) is 65.6. The molecule has 0 N–H and O–H groups in total. The molecule has 8 aliphatic rings. The number of carbonyl (C=O) groups excluding carboxylic acids is 1. The average molecular weight is 372 g/mol. The average Bonchev–Trinajstić information content (AvgIpc) is 3.43. The van der Waals surface area contributed by atoms with E-state index >= 15 is 0 Å². The maximum atomic E-state index is 12.2. The molecule has 3 spiro atoms. The first-order valence-corrected chi connectivity index (χ1v) is 10.5. The molecule has 5 aliphatic heterocycles. The highest BCUT2D eigenvalue weighted by Crippen LogP contribution is 2.87. The Labute approximate surface area is 157 Å². The SMILES string of the molecule is CC(C)[C@]12O[C@H]1[C@@H]1O[C@]13[C@]1(O[C@H]1C[C@H]1C4=C(CC[C@@]13C)C(=O)OC4)[C@@]21CO1. The van der Waals surface area contributed by atoms with Crippen molar-refractivity contribution in [2.45, 2.75) is 80.7 Å². The zero-order valence-electron chi connectivity index (χ0n) is 15.9. The second kappa shape index (κ2) is 3.64. The summed E-state index contributed by atoms with van der Waals surface area (Å²) in [7, 11) is 0. The van der Waals surface area contributed by atoms with Gasteiger partial charge in [-0.15, -0.1) is 0 Å². The van der Waals surface area contributed by atoms with E-state index in [1.54, 1.807) is 0 Å². The van der Waals surface area contributed by atoms with Crippen LogP contribution in [0.5, 0.6) is 0 Å². The molecule has 5 heterocycles. The summed E-state index contributed by atoms with van der Waals surface area (Å²) in [5.41, 5.74) is 0.771. The third kappa shape index (κ3) is 1.10. The summed E-state index contributed by atoms with van der Waals surface area (Å²) in [4.78, 5) is 12.2. The molecule has 4 saturated heterocycles. The predicted octanol–water partition coefficient (Wildman–Crippen LogP) is 1.51.